The van der Waals surface area contributed by atoms with Crippen LogP contribution in [0.2, 0.25) is 0 Å². The maximum Gasteiger partial charge on any atom is 0.297 e. The Labute approximate surface area is 207 Å². The molecule has 0 aliphatic carbocycles. The van der Waals surface area contributed by atoms with Crippen molar-refractivity contribution in [3.63, 3.8) is 0 Å². The van der Waals surface area contributed by atoms with E-state index in [2.05, 4.69) is 25.8 Å². The molecular weight excluding hydrogens is 460 g/mol. The average Bonchev–Trinajstić information content (AvgIpc) is 3.31. The summed E-state index contributed by atoms with van der Waals surface area (Å²) in [6.45, 7) is 11.5. The number of thiazole rings is 1. The molecule has 1 aliphatic rings. The number of Topliss-reactive ketones (excluding diaryl/α,β-unsaturated/α-hetero) is 1. The molecule has 0 N–H and O–H groups in total. The highest BCUT2D eigenvalue weighted by Crippen LogP contribution is 2.43. The summed E-state index contributed by atoms with van der Waals surface area (Å²) in [5, 5.41) is 0.808. The summed E-state index contributed by atoms with van der Waals surface area (Å²) in [6, 6.07) is 12.6. The van der Waals surface area contributed by atoms with Crippen molar-refractivity contribution in [2.75, 3.05) is 4.90 Å². The second-order valence-corrected chi connectivity index (χ2v) is 11.1. The maximum absolute atomic E-state index is 13.8. The zero-order chi connectivity index (χ0) is 25.2. The number of anilines is 1. The van der Waals surface area contributed by atoms with Crippen molar-refractivity contribution in [1.82, 2.24) is 4.98 Å². The molecule has 2 aromatic carbocycles. The lowest BCUT2D eigenvalue weighted by Gasteiger charge is -2.24. The number of aryl methyl sites for hydroxylation is 2. The van der Waals surface area contributed by atoms with E-state index in [1.54, 1.807) is 19.1 Å². The number of fused-ring (bicyclic) bond motifs is 2. The first-order valence-corrected chi connectivity index (χ1v) is 12.3. The molecule has 5 rings (SSSR count). The molecule has 0 spiro atoms. The summed E-state index contributed by atoms with van der Waals surface area (Å²) < 4.78 is 6.04. The van der Waals surface area contributed by atoms with Gasteiger partial charge in [-0.05, 0) is 42.5 Å². The van der Waals surface area contributed by atoms with Crippen LogP contribution in [0.3, 0.4) is 0 Å². The predicted octanol–water partition coefficient (Wildman–Crippen LogP) is 6.12. The van der Waals surface area contributed by atoms with Gasteiger partial charge in [0.15, 0.2) is 16.3 Å². The van der Waals surface area contributed by atoms with Crippen LogP contribution in [0.25, 0.3) is 11.0 Å². The largest absolute Gasteiger partial charge is 0.450 e. The second kappa shape index (κ2) is 7.99. The molecule has 4 aromatic rings. The second-order valence-electron chi connectivity index (χ2n) is 10.1. The summed E-state index contributed by atoms with van der Waals surface area (Å²) in [4.78, 5) is 46.2. The highest BCUT2D eigenvalue weighted by atomic mass is 32.1. The number of nitrogens with zero attached hydrogens (tertiary/aromatic N) is 2. The Balaban J connectivity index is 1.77. The van der Waals surface area contributed by atoms with E-state index < -0.39 is 11.9 Å². The van der Waals surface area contributed by atoms with Crippen molar-refractivity contribution < 1.29 is 14.0 Å². The van der Waals surface area contributed by atoms with E-state index in [1.807, 2.05) is 37.3 Å². The third-order valence-corrected chi connectivity index (χ3v) is 7.69. The van der Waals surface area contributed by atoms with Gasteiger partial charge in [-0.2, -0.15) is 0 Å². The minimum atomic E-state index is -0.710. The van der Waals surface area contributed by atoms with E-state index >= 15 is 0 Å². The van der Waals surface area contributed by atoms with Crippen molar-refractivity contribution in [3.8, 4) is 0 Å². The van der Waals surface area contributed by atoms with Crippen LogP contribution in [-0.2, 0) is 5.41 Å². The molecule has 1 unspecified atom stereocenters. The SMILES string of the molecule is CC(=O)c1sc(N2C(=O)c3oc4ccc(C)cc4c(=O)c3C2c2ccc(C(C)(C)C)cc2)nc1C. The number of hydrogen-bond acceptors (Lipinski definition) is 6. The molecule has 178 valence electrons. The van der Waals surface area contributed by atoms with Crippen molar-refractivity contribution in [2.24, 2.45) is 0 Å². The first-order chi connectivity index (χ1) is 16.5. The van der Waals surface area contributed by atoms with Crippen LogP contribution in [0.5, 0.6) is 0 Å². The zero-order valence-corrected chi connectivity index (χ0v) is 21.4. The molecule has 1 atom stereocenters. The number of amides is 1. The Hall–Kier alpha value is -3.58. The summed E-state index contributed by atoms with van der Waals surface area (Å²) >= 11 is 1.16. The first-order valence-electron chi connectivity index (χ1n) is 11.5. The van der Waals surface area contributed by atoms with Crippen LogP contribution in [0, 0.1) is 13.8 Å². The normalized spacial score (nSPS) is 15.7. The van der Waals surface area contributed by atoms with Gasteiger partial charge in [0.05, 0.1) is 27.6 Å². The van der Waals surface area contributed by atoms with Crippen molar-refractivity contribution in [1.29, 1.82) is 0 Å². The van der Waals surface area contributed by atoms with Crippen LogP contribution in [0.4, 0.5) is 5.13 Å². The van der Waals surface area contributed by atoms with E-state index in [1.165, 1.54) is 11.8 Å². The van der Waals surface area contributed by atoms with Crippen molar-refractivity contribution in [2.45, 2.75) is 53.0 Å². The highest BCUT2D eigenvalue weighted by Gasteiger charge is 2.45. The number of carbonyl (C=O) groups is 2. The van der Waals surface area contributed by atoms with E-state index in [-0.39, 0.29) is 22.4 Å². The first kappa shape index (κ1) is 23.2. The van der Waals surface area contributed by atoms with E-state index in [0.717, 1.165) is 28.0 Å². The summed E-state index contributed by atoms with van der Waals surface area (Å²) in [7, 11) is 0. The lowest BCUT2D eigenvalue weighted by Crippen LogP contribution is -2.29. The summed E-state index contributed by atoms with van der Waals surface area (Å²) in [6.07, 6.45) is 0. The molecule has 35 heavy (non-hydrogen) atoms. The zero-order valence-electron chi connectivity index (χ0n) is 20.6. The summed E-state index contributed by atoms with van der Waals surface area (Å²) in [5.41, 5.74) is 3.80. The van der Waals surface area contributed by atoms with Crippen LogP contribution in [0.15, 0.2) is 51.7 Å². The van der Waals surface area contributed by atoms with Crippen LogP contribution in [0.1, 0.15) is 81.9 Å². The smallest absolute Gasteiger partial charge is 0.297 e. The highest BCUT2D eigenvalue weighted by molar-refractivity contribution is 7.17. The predicted molar refractivity (Wildman–Crippen MR) is 138 cm³/mol. The van der Waals surface area contributed by atoms with Gasteiger partial charge in [0.1, 0.15) is 5.58 Å². The molecule has 2 aromatic heterocycles. The van der Waals surface area contributed by atoms with Crippen molar-refractivity contribution in [3.05, 3.63) is 91.3 Å². The molecule has 6 nitrogen and oxygen atoms in total. The van der Waals surface area contributed by atoms with Gasteiger partial charge in [-0.1, -0.05) is 68.0 Å². The number of rotatable bonds is 3. The Morgan fingerprint density at radius 2 is 1.74 bits per heavy atom. The number of ketones is 1. The van der Waals surface area contributed by atoms with Crippen molar-refractivity contribution >= 4 is 39.1 Å². The molecule has 7 heteroatoms. The third-order valence-electron chi connectivity index (χ3n) is 6.43. The third kappa shape index (κ3) is 3.71. The number of carbonyl (C=O) groups excluding carboxylic acids is 2. The topological polar surface area (TPSA) is 80.5 Å². The Morgan fingerprint density at radius 1 is 1.06 bits per heavy atom. The molecular formula is C28H26N2O4S. The van der Waals surface area contributed by atoms with Gasteiger partial charge in [0.2, 0.25) is 5.76 Å². The monoisotopic (exact) mass is 486 g/mol. The fourth-order valence-corrected chi connectivity index (χ4v) is 5.57. The van der Waals surface area contributed by atoms with Gasteiger partial charge in [0.25, 0.3) is 5.91 Å². The Morgan fingerprint density at radius 3 is 2.34 bits per heavy atom. The van der Waals surface area contributed by atoms with Gasteiger partial charge in [-0.25, -0.2) is 4.98 Å². The van der Waals surface area contributed by atoms with Gasteiger partial charge in [-0.15, -0.1) is 0 Å². The standard InChI is InChI=1S/C28H26N2O4S/c1-14-7-12-20-19(13-14)23(32)21-22(17-8-10-18(11-9-17)28(4,5)6)30(26(33)24(21)34-20)27-29-15(2)25(35-27)16(3)31/h7-13,22H,1-6H3. The van der Waals surface area contributed by atoms with Gasteiger partial charge >= 0.3 is 0 Å². The molecule has 0 bridgehead atoms. The Bertz CT molecular complexity index is 1570. The van der Waals surface area contributed by atoms with Crippen LogP contribution in [-0.4, -0.2) is 16.7 Å². The quantitative estimate of drug-likeness (QED) is 0.326. The lowest BCUT2D eigenvalue weighted by atomic mass is 9.86. The van der Waals surface area contributed by atoms with Gasteiger partial charge in [0, 0.05) is 6.92 Å². The number of benzene rings is 2. The lowest BCUT2D eigenvalue weighted by molar-refractivity contribution is 0.0969. The van der Waals surface area contributed by atoms with Gasteiger partial charge < -0.3 is 4.42 Å². The molecule has 0 fully saturated rings. The fourth-order valence-electron chi connectivity index (χ4n) is 4.58. The minimum absolute atomic E-state index is 0.0217. The molecule has 1 amide bonds. The Kier molecular flexibility index (Phi) is 5.29. The minimum Gasteiger partial charge on any atom is -0.450 e. The molecule has 0 saturated carbocycles. The maximum atomic E-state index is 13.8. The molecule has 0 radical (unpaired) electrons. The van der Waals surface area contributed by atoms with Crippen LogP contribution < -0.4 is 10.3 Å². The number of aromatic nitrogens is 1. The van der Waals surface area contributed by atoms with Crippen LogP contribution >= 0.6 is 11.3 Å². The van der Waals surface area contributed by atoms with Gasteiger partial charge in [-0.3, -0.25) is 19.3 Å². The fraction of sp³-hybridized carbons (Fsp3) is 0.286. The summed E-state index contributed by atoms with van der Waals surface area (Å²) in [5.74, 6) is -0.529. The molecule has 3 heterocycles. The number of hydrogen-bond donors (Lipinski definition) is 0. The van der Waals surface area contributed by atoms with E-state index in [4.69, 9.17) is 4.42 Å². The van der Waals surface area contributed by atoms with E-state index in [0.29, 0.717) is 32.2 Å². The molecule has 0 saturated heterocycles. The molecule has 1 aliphatic heterocycles. The average molecular weight is 487 g/mol. The van der Waals surface area contributed by atoms with E-state index in [9.17, 15) is 14.4 Å².